The predicted molar refractivity (Wildman–Crippen MR) is 129 cm³/mol. The average molecular weight is 449 g/mol. The first-order valence-corrected chi connectivity index (χ1v) is 11.7. The van der Waals surface area contributed by atoms with Crippen molar-refractivity contribution >= 4 is 22.8 Å². The number of hydrogen-bond donors (Lipinski definition) is 2. The third-order valence-corrected chi connectivity index (χ3v) is 6.47. The van der Waals surface area contributed by atoms with Crippen molar-refractivity contribution in [3.8, 4) is 0 Å². The molecule has 2 aromatic carbocycles. The number of H-pyrrole nitrogens is 1. The van der Waals surface area contributed by atoms with Gasteiger partial charge < -0.3 is 15.2 Å². The molecule has 1 unspecified atom stereocenters. The molecule has 3 aromatic rings. The van der Waals surface area contributed by atoms with Crippen LogP contribution in [0, 0.1) is 12.8 Å². The van der Waals surface area contributed by atoms with E-state index in [0.717, 1.165) is 16.6 Å². The Balaban J connectivity index is 1.46. The van der Waals surface area contributed by atoms with E-state index in [1.807, 2.05) is 58.9 Å². The molecule has 2 amide bonds. The van der Waals surface area contributed by atoms with Gasteiger partial charge in [-0.1, -0.05) is 44.2 Å². The van der Waals surface area contributed by atoms with Crippen LogP contribution in [0.2, 0.25) is 0 Å². The third kappa shape index (κ3) is 4.87. The minimum atomic E-state index is -0.565. The van der Waals surface area contributed by atoms with E-state index < -0.39 is 6.04 Å². The number of benzene rings is 2. The molecule has 2 heterocycles. The van der Waals surface area contributed by atoms with Crippen LogP contribution < -0.4 is 11.0 Å². The lowest BCUT2D eigenvalue weighted by Crippen LogP contribution is -2.51. The number of para-hydroxylation sites is 2. The molecule has 7 nitrogen and oxygen atoms in total. The number of carbonyl (C=O) groups excluding carboxylic acids is 2. The molecule has 0 radical (unpaired) electrons. The molecule has 1 aliphatic rings. The largest absolute Gasteiger partial charge is 0.341 e. The van der Waals surface area contributed by atoms with Crippen LogP contribution in [0.25, 0.3) is 11.0 Å². The first kappa shape index (κ1) is 22.8. The summed E-state index contributed by atoms with van der Waals surface area (Å²) in [6, 6.07) is 14.6. The van der Waals surface area contributed by atoms with Crippen molar-refractivity contribution in [2.75, 3.05) is 13.1 Å². The summed E-state index contributed by atoms with van der Waals surface area (Å²) in [5, 5.41) is 2.98. The number of nitrogens with zero attached hydrogens (tertiary/aromatic N) is 2. The first-order chi connectivity index (χ1) is 15.8. The average Bonchev–Trinajstić information content (AvgIpc) is 3.14. The maximum Gasteiger partial charge on any atom is 0.326 e. The molecule has 1 aliphatic heterocycles. The molecule has 1 atom stereocenters. The summed E-state index contributed by atoms with van der Waals surface area (Å²) in [6.45, 7) is 7.12. The van der Waals surface area contributed by atoms with Crippen molar-refractivity contribution in [1.29, 1.82) is 0 Å². The Hall–Kier alpha value is -3.35. The van der Waals surface area contributed by atoms with Gasteiger partial charge in [-0.15, -0.1) is 0 Å². The molecule has 0 spiro atoms. The summed E-state index contributed by atoms with van der Waals surface area (Å²) in [7, 11) is 0. The number of aromatic nitrogens is 2. The molecule has 1 fully saturated rings. The standard InChI is InChI=1S/C26H32N4O3/c1-17(2)16-22(27-24(31)20-9-5-4-8-18(20)3)25(32)29-14-12-19(13-15-29)30-23-11-7-6-10-21(23)28-26(30)33/h4-11,17,19,22H,12-16H2,1-3H3,(H,27,31)(H,28,33). The zero-order valence-electron chi connectivity index (χ0n) is 19.5. The molecule has 2 N–H and O–H groups in total. The van der Waals surface area contributed by atoms with Gasteiger partial charge in [0.1, 0.15) is 6.04 Å². The Morgan fingerprint density at radius 3 is 2.42 bits per heavy atom. The van der Waals surface area contributed by atoms with Gasteiger partial charge in [0, 0.05) is 24.7 Å². The van der Waals surface area contributed by atoms with Crippen LogP contribution in [-0.2, 0) is 4.79 Å². The van der Waals surface area contributed by atoms with Gasteiger partial charge in [0.25, 0.3) is 5.91 Å². The fourth-order valence-electron chi connectivity index (χ4n) is 4.76. The third-order valence-electron chi connectivity index (χ3n) is 6.47. The van der Waals surface area contributed by atoms with E-state index in [-0.39, 0.29) is 29.5 Å². The molecule has 0 bridgehead atoms. The van der Waals surface area contributed by atoms with Crippen LogP contribution in [-0.4, -0.2) is 45.4 Å². The second-order valence-corrected chi connectivity index (χ2v) is 9.34. The fraction of sp³-hybridized carbons (Fsp3) is 0.423. The molecule has 33 heavy (non-hydrogen) atoms. The highest BCUT2D eigenvalue weighted by Crippen LogP contribution is 2.25. The van der Waals surface area contributed by atoms with Crippen molar-refractivity contribution in [1.82, 2.24) is 19.8 Å². The summed E-state index contributed by atoms with van der Waals surface area (Å²) in [6.07, 6.45) is 1.99. The molecule has 7 heteroatoms. The number of amides is 2. The summed E-state index contributed by atoms with van der Waals surface area (Å²) < 4.78 is 1.82. The van der Waals surface area contributed by atoms with E-state index >= 15 is 0 Å². The fourth-order valence-corrected chi connectivity index (χ4v) is 4.76. The lowest BCUT2D eigenvalue weighted by atomic mass is 9.99. The van der Waals surface area contributed by atoms with Crippen molar-refractivity contribution < 1.29 is 9.59 Å². The quantitative estimate of drug-likeness (QED) is 0.604. The van der Waals surface area contributed by atoms with Crippen LogP contribution in [0.15, 0.2) is 53.3 Å². The molecule has 4 rings (SSSR count). The van der Waals surface area contributed by atoms with Gasteiger partial charge in [0.05, 0.1) is 11.0 Å². The number of aryl methyl sites for hydroxylation is 1. The van der Waals surface area contributed by atoms with E-state index in [2.05, 4.69) is 24.1 Å². The maximum atomic E-state index is 13.4. The van der Waals surface area contributed by atoms with Crippen LogP contribution in [0.5, 0.6) is 0 Å². The number of imidazole rings is 1. The van der Waals surface area contributed by atoms with E-state index in [0.29, 0.717) is 37.9 Å². The van der Waals surface area contributed by atoms with Gasteiger partial charge in [-0.25, -0.2) is 4.79 Å². The molecular weight excluding hydrogens is 416 g/mol. The Morgan fingerprint density at radius 1 is 1.06 bits per heavy atom. The Bertz CT molecular complexity index is 1200. The van der Waals surface area contributed by atoms with Gasteiger partial charge in [0.15, 0.2) is 0 Å². The SMILES string of the molecule is Cc1ccccc1C(=O)NC(CC(C)C)C(=O)N1CCC(n2c(=O)[nH]c3ccccc32)CC1. The van der Waals surface area contributed by atoms with Gasteiger partial charge in [0.2, 0.25) is 5.91 Å². The minimum Gasteiger partial charge on any atom is -0.341 e. The second-order valence-electron chi connectivity index (χ2n) is 9.34. The number of carbonyl (C=O) groups is 2. The number of aromatic amines is 1. The number of hydrogen-bond acceptors (Lipinski definition) is 3. The summed E-state index contributed by atoms with van der Waals surface area (Å²) >= 11 is 0. The number of likely N-dealkylation sites (tertiary alicyclic amines) is 1. The van der Waals surface area contributed by atoms with Crippen molar-refractivity contribution in [2.24, 2.45) is 5.92 Å². The molecular formula is C26H32N4O3. The number of nitrogens with one attached hydrogen (secondary N) is 2. The summed E-state index contributed by atoms with van der Waals surface area (Å²) in [4.78, 5) is 43.6. The second kappa shape index (κ2) is 9.65. The summed E-state index contributed by atoms with van der Waals surface area (Å²) in [5.41, 5.74) is 3.10. The zero-order chi connectivity index (χ0) is 23.5. The highest BCUT2D eigenvalue weighted by molar-refractivity contribution is 5.98. The predicted octanol–water partition coefficient (Wildman–Crippen LogP) is 3.65. The van der Waals surface area contributed by atoms with Crippen LogP contribution in [0.3, 0.4) is 0 Å². The minimum absolute atomic E-state index is 0.0443. The molecule has 174 valence electrons. The number of piperidine rings is 1. The van der Waals surface area contributed by atoms with Crippen LogP contribution in [0.1, 0.15) is 55.1 Å². The number of rotatable bonds is 6. The normalized spacial score (nSPS) is 15.7. The first-order valence-electron chi connectivity index (χ1n) is 11.7. The molecule has 0 aliphatic carbocycles. The van der Waals surface area contributed by atoms with E-state index in [1.165, 1.54) is 0 Å². The van der Waals surface area contributed by atoms with E-state index in [4.69, 9.17) is 0 Å². The van der Waals surface area contributed by atoms with E-state index in [1.54, 1.807) is 6.07 Å². The smallest absolute Gasteiger partial charge is 0.326 e. The highest BCUT2D eigenvalue weighted by Gasteiger charge is 2.31. The monoisotopic (exact) mass is 448 g/mol. The van der Waals surface area contributed by atoms with Crippen LogP contribution in [0.4, 0.5) is 0 Å². The zero-order valence-corrected chi connectivity index (χ0v) is 19.5. The molecule has 1 saturated heterocycles. The van der Waals surface area contributed by atoms with Crippen molar-refractivity contribution in [2.45, 2.75) is 52.1 Å². The van der Waals surface area contributed by atoms with E-state index in [9.17, 15) is 14.4 Å². The van der Waals surface area contributed by atoms with Gasteiger partial charge >= 0.3 is 5.69 Å². The highest BCUT2D eigenvalue weighted by atomic mass is 16.2. The van der Waals surface area contributed by atoms with Gasteiger partial charge in [-0.3, -0.25) is 14.2 Å². The van der Waals surface area contributed by atoms with Crippen LogP contribution >= 0.6 is 0 Å². The van der Waals surface area contributed by atoms with Gasteiger partial charge in [-0.2, -0.15) is 0 Å². The topological polar surface area (TPSA) is 87.2 Å². The Morgan fingerprint density at radius 2 is 1.73 bits per heavy atom. The lowest BCUT2D eigenvalue weighted by molar-refractivity contribution is -0.135. The van der Waals surface area contributed by atoms with Crippen molar-refractivity contribution in [3.05, 3.63) is 70.1 Å². The van der Waals surface area contributed by atoms with Gasteiger partial charge in [-0.05, 0) is 55.9 Å². The maximum absolute atomic E-state index is 13.4. The lowest BCUT2D eigenvalue weighted by Gasteiger charge is -2.35. The number of fused-ring (bicyclic) bond motifs is 1. The van der Waals surface area contributed by atoms with Crippen molar-refractivity contribution in [3.63, 3.8) is 0 Å². The summed E-state index contributed by atoms with van der Waals surface area (Å²) in [5.74, 6) is 0.00106. The Labute approximate surface area is 193 Å². The molecule has 1 aromatic heterocycles. The Kier molecular flexibility index (Phi) is 6.67. The molecule has 0 saturated carbocycles.